The van der Waals surface area contributed by atoms with Crippen molar-refractivity contribution in [3.05, 3.63) is 48.2 Å². The maximum Gasteiger partial charge on any atom is 0.274 e. The number of anilines is 1. The number of carbonyl (C=O) groups excluding carboxylic acids is 1. The summed E-state index contributed by atoms with van der Waals surface area (Å²) in [5, 5.41) is 3.06. The zero-order valence-electron chi connectivity index (χ0n) is 12.6. The van der Waals surface area contributed by atoms with E-state index in [0.29, 0.717) is 18.2 Å². The molecule has 1 aliphatic heterocycles. The van der Waals surface area contributed by atoms with Gasteiger partial charge < -0.3 is 10.2 Å². The monoisotopic (exact) mass is 297 g/mol. The van der Waals surface area contributed by atoms with Crippen LogP contribution in [0.4, 0.5) is 5.82 Å². The highest BCUT2D eigenvalue weighted by atomic mass is 16.2. The second-order valence-electron chi connectivity index (χ2n) is 5.41. The number of nitrogens with zero attached hydrogens (tertiary/aromatic N) is 4. The summed E-state index contributed by atoms with van der Waals surface area (Å²) in [6, 6.07) is 4.09. The van der Waals surface area contributed by atoms with Crippen LogP contribution in [0.3, 0.4) is 0 Å². The molecule has 1 aliphatic rings. The van der Waals surface area contributed by atoms with Crippen molar-refractivity contribution in [2.24, 2.45) is 0 Å². The summed E-state index contributed by atoms with van der Waals surface area (Å²) in [6.07, 6.45) is 8.54. The second kappa shape index (κ2) is 6.51. The van der Waals surface area contributed by atoms with E-state index in [4.69, 9.17) is 0 Å². The third kappa shape index (κ3) is 3.05. The minimum atomic E-state index is -0.0410. The topological polar surface area (TPSA) is 71.0 Å². The molecule has 0 bridgehead atoms. The summed E-state index contributed by atoms with van der Waals surface area (Å²) in [5.74, 6) is 1.15. The van der Waals surface area contributed by atoms with E-state index >= 15 is 0 Å². The van der Waals surface area contributed by atoms with Crippen LogP contribution in [0.2, 0.25) is 0 Å². The van der Waals surface area contributed by atoms with E-state index in [1.807, 2.05) is 24.2 Å². The molecule has 6 heteroatoms. The first kappa shape index (κ1) is 14.4. The molecule has 22 heavy (non-hydrogen) atoms. The molecule has 0 aliphatic carbocycles. The lowest BCUT2D eigenvalue weighted by molar-refractivity contribution is 0.0700. The Balaban J connectivity index is 1.75. The van der Waals surface area contributed by atoms with E-state index in [1.54, 1.807) is 12.4 Å². The summed E-state index contributed by atoms with van der Waals surface area (Å²) in [7, 11) is 1.86. The number of rotatable bonds is 3. The maximum absolute atomic E-state index is 12.5. The molecule has 2 aromatic heterocycles. The Hall–Kier alpha value is -2.50. The van der Waals surface area contributed by atoms with Crippen molar-refractivity contribution in [2.75, 3.05) is 25.5 Å². The molecule has 1 amide bonds. The van der Waals surface area contributed by atoms with Gasteiger partial charge >= 0.3 is 0 Å². The molecule has 0 saturated carbocycles. The average Bonchev–Trinajstić information content (AvgIpc) is 2.62. The molecular formula is C16H19N5O. The summed E-state index contributed by atoms with van der Waals surface area (Å²) < 4.78 is 0. The third-order valence-corrected chi connectivity index (χ3v) is 4.00. The number of hydrogen-bond acceptors (Lipinski definition) is 5. The third-order valence-electron chi connectivity index (χ3n) is 4.00. The zero-order chi connectivity index (χ0) is 15.4. The molecule has 114 valence electrons. The molecule has 1 atom stereocenters. The quantitative estimate of drug-likeness (QED) is 0.937. The lowest BCUT2D eigenvalue weighted by Gasteiger charge is -2.32. The molecule has 1 unspecified atom stereocenters. The van der Waals surface area contributed by atoms with Crippen molar-refractivity contribution in [2.45, 2.75) is 18.8 Å². The van der Waals surface area contributed by atoms with Gasteiger partial charge in [0, 0.05) is 44.6 Å². The summed E-state index contributed by atoms with van der Waals surface area (Å²) in [6.45, 7) is 1.48. The molecular weight excluding hydrogens is 278 g/mol. The number of hydrogen-bond donors (Lipinski definition) is 1. The standard InChI is InChI=1S/C16H19N5O/c1-17-15-9-12(4-5-20-15)13-3-2-8-21(11-13)16(22)14-10-18-6-7-19-14/h4-7,9-10,13H,2-3,8,11H2,1H3,(H,17,20). The zero-order valence-corrected chi connectivity index (χ0v) is 12.6. The number of nitrogens with one attached hydrogen (secondary N) is 1. The SMILES string of the molecule is CNc1cc(C2CCCN(C(=O)c3cnccn3)C2)ccn1. The van der Waals surface area contributed by atoms with Gasteiger partial charge in [0.1, 0.15) is 11.5 Å². The van der Waals surface area contributed by atoms with Crippen molar-refractivity contribution in [3.63, 3.8) is 0 Å². The van der Waals surface area contributed by atoms with Crippen LogP contribution in [0.5, 0.6) is 0 Å². The number of aromatic nitrogens is 3. The number of piperidine rings is 1. The normalized spacial score (nSPS) is 18.0. The lowest BCUT2D eigenvalue weighted by atomic mass is 9.91. The Bertz CT molecular complexity index is 646. The van der Waals surface area contributed by atoms with Gasteiger partial charge in [-0.1, -0.05) is 0 Å². The van der Waals surface area contributed by atoms with Gasteiger partial charge in [0.2, 0.25) is 0 Å². The fraction of sp³-hybridized carbons (Fsp3) is 0.375. The Morgan fingerprint density at radius 1 is 1.32 bits per heavy atom. The first-order valence-corrected chi connectivity index (χ1v) is 7.47. The molecule has 3 rings (SSSR count). The molecule has 3 heterocycles. The second-order valence-corrected chi connectivity index (χ2v) is 5.41. The lowest BCUT2D eigenvalue weighted by Crippen LogP contribution is -2.39. The van der Waals surface area contributed by atoms with E-state index in [-0.39, 0.29) is 5.91 Å². The summed E-state index contributed by atoms with van der Waals surface area (Å²) >= 11 is 0. The Kier molecular flexibility index (Phi) is 4.27. The Labute approximate surface area is 129 Å². The van der Waals surface area contributed by atoms with Gasteiger partial charge in [-0.25, -0.2) is 9.97 Å². The first-order valence-electron chi connectivity index (χ1n) is 7.47. The van der Waals surface area contributed by atoms with Gasteiger partial charge in [-0.2, -0.15) is 0 Å². The molecule has 6 nitrogen and oxygen atoms in total. The molecule has 0 aromatic carbocycles. The molecule has 1 N–H and O–H groups in total. The average molecular weight is 297 g/mol. The van der Waals surface area contributed by atoms with Crippen molar-refractivity contribution in [3.8, 4) is 0 Å². The Morgan fingerprint density at radius 2 is 2.23 bits per heavy atom. The number of pyridine rings is 1. The van der Waals surface area contributed by atoms with Gasteiger partial charge in [0.15, 0.2) is 0 Å². The van der Waals surface area contributed by atoms with E-state index in [1.165, 1.54) is 11.8 Å². The number of amides is 1. The van der Waals surface area contributed by atoms with E-state index in [9.17, 15) is 4.79 Å². The van der Waals surface area contributed by atoms with Gasteiger partial charge in [-0.15, -0.1) is 0 Å². The predicted octanol–water partition coefficient (Wildman–Crippen LogP) is 1.93. The van der Waals surface area contributed by atoms with E-state index in [2.05, 4.69) is 26.3 Å². The highest BCUT2D eigenvalue weighted by molar-refractivity contribution is 5.92. The van der Waals surface area contributed by atoms with Crippen LogP contribution in [0, 0.1) is 0 Å². The van der Waals surface area contributed by atoms with Crippen LogP contribution in [0.25, 0.3) is 0 Å². The Morgan fingerprint density at radius 3 is 3.00 bits per heavy atom. The van der Waals surface area contributed by atoms with Gasteiger partial charge in [-0.3, -0.25) is 9.78 Å². The van der Waals surface area contributed by atoms with Crippen molar-refractivity contribution in [1.82, 2.24) is 19.9 Å². The highest BCUT2D eigenvalue weighted by Crippen LogP contribution is 2.28. The fourth-order valence-corrected chi connectivity index (χ4v) is 2.84. The first-order chi connectivity index (χ1) is 10.8. The molecule has 0 spiro atoms. The van der Waals surface area contributed by atoms with Crippen molar-refractivity contribution >= 4 is 11.7 Å². The minimum absolute atomic E-state index is 0.0410. The molecule has 1 saturated heterocycles. The van der Waals surface area contributed by atoms with Crippen molar-refractivity contribution < 1.29 is 4.79 Å². The molecule has 1 fully saturated rings. The van der Waals surface area contributed by atoms with Crippen LogP contribution < -0.4 is 5.32 Å². The van der Waals surface area contributed by atoms with Gasteiger partial charge in [0.25, 0.3) is 5.91 Å². The molecule has 2 aromatic rings. The smallest absolute Gasteiger partial charge is 0.274 e. The maximum atomic E-state index is 12.5. The summed E-state index contributed by atoms with van der Waals surface area (Å²) in [4.78, 5) is 26.7. The van der Waals surface area contributed by atoms with Gasteiger partial charge in [-0.05, 0) is 30.5 Å². The van der Waals surface area contributed by atoms with E-state index < -0.39 is 0 Å². The predicted molar refractivity (Wildman–Crippen MR) is 83.7 cm³/mol. The van der Waals surface area contributed by atoms with Crippen LogP contribution >= 0.6 is 0 Å². The number of carbonyl (C=O) groups is 1. The molecule has 0 radical (unpaired) electrons. The fourth-order valence-electron chi connectivity index (χ4n) is 2.84. The highest BCUT2D eigenvalue weighted by Gasteiger charge is 2.26. The van der Waals surface area contributed by atoms with Crippen molar-refractivity contribution in [1.29, 1.82) is 0 Å². The number of likely N-dealkylation sites (tertiary alicyclic amines) is 1. The summed E-state index contributed by atoms with van der Waals surface area (Å²) in [5.41, 5.74) is 1.63. The van der Waals surface area contributed by atoms with Crippen LogP contribution in [0.1, 0.15) is 34.8 Å². The van der Waals surface area contributed by atoms with Crippen LogP contribution in [-0.4, -0.2) is 45.9 Å². The van der Waals surface area contributed by atoms with Crippen LogP contribution in [0.15, 0.2) is 36.9 Å². The van der Waals surface area contributed by atoms with Gasteiger partial charge in [0.05, 0.1) is 6.20 Å². The largest absolute Gasteiger partial charge is 0.373 e. The minimum Gasteiger partial charge on any atom is -0.373 e. The van der Waals surface area contributed by atoms with Crippen LogP contribution in [-0.2, 0) is 0 Å². The van der Waals surface area contributed by atoms with E-state index in [0.717, 1.165) is 25.2 Å².